The number of rotatable bonds is 3. The van der Waals surface area contributed by atoms with Gasteiger partial charge in [-0.3, -0.25) is 4.79 Å². The number of carbonyl (C=O) groups excluding carboxylic acids is 1. The first kappa shape index (κ1) is 14.2. The van der Waals surface area contributed by atoms with E-state index in [1.807, 2.05) is 48.1 Å². The van der Waals surface area contributed by atoms with E-state index in [1.54, 1.807) is 12.1 Å². The molecule has 1 heterocycles. The Bertz CT molecular complexity index is 836. The topological polar surface area (TPSA) is 22.0 Å². The number of fused-ring (bicyclic) bond motifs is 1. The molecule has 0 aliphatic carbocycles. The molecule has 3 rings (SSSR count). The first-order valence-corrected chi connectivity index (χ1v) is 7.33. The van der Waals surface area contributed by atoms with E-state index in [1.165, 1.54) is 0 Å². The number of aromatic nitrogens is 1. The summed E-state index contributed by atoms with van der Waals surface area (Å²) in [4.78, 5) is 12.5. The van der Waals surface area contributed by atoms with E-state index in [2.05, 4.69) is 0 Å². The zero-order valence-electron chi connectivity index (χ0n) is 11.4. The van der Waals surface area contributed by atoms with E-state index >= 15 is 0 Å². The standard InChI is InChI=1S/C17H13Cl2NO/c1-20-10-13(12-4-2-3-5-16(12)20)17(21)9-11-6-7-14(18)15(19)8-11/h2-8,10H,9H2,1H3. The Labute approximate surface area is 132 Å². The summed E-state index contributed by atoms with van der Waals surface area (Å²) >= 11 is 11.9. The van der Waals surface area contributed by atoms with Crippen LogP contribution < -0.4 is 0 Å². The molecular formula is C17H13Cl2NO. The van der Waals surface area contributed by atoms with Crippen molar-refractivity contribution >= 4 is 39.9 Å². The van der Waals surface area contributed by atoms with Crippen molar-refractivity contribution in [3.8, 4) is 0 Å². The van der Waals surface area contributed by atoms with E-state index < -0.39 is 0 Å². The zero-order valence-corrected chi connectivity index (χ0v) is 12.9. The Morgan fingerprint density at radius 3 is 2.62 bits per heavy atom. The Kier molecular flexibility index (Phi) is 3.75. The fourth-order valence-electron chi connectivity index (χ4n) is 2.49. The van der Waals surface area contributed by atoms with Gasteiger partial charge >= 0.3 is 0 Å². The Balaban J connectivity index is 1.95. The number of halogens is 2. The fourth-order valence-corrected chi connectivity index (χ4v) is 2.81. The molecule has 106 valence electrons. The predicted octanol–water partition coefficient (Wildman–Crippen LogP) is 4.91. The minimum atomic E-state index is 0.0742. The van der Waals surface area contributed by atoms with Crippen molar-refractivity contribution in [1.82, 2.24) is 4.57 Å². The Hall–Kier alpha value is -1.77. The molecule has 0 saturated carbocycles. The van der Waals surface area contributed by atoms with E-state index in [-0.39, 0.29) is 5.78 Å². The number of para-hydroxylation sites is 1. The Morgan fingerprint density at radius 1 is 1.10 bits per heavy atom. The first-order chi connectivity index (χ1) is 10.1. The van der Waals surface area contributed by atoms with Crippen molar-refractivity contribution in [2.75, 3.05) is 0 Å². The molecule has 0 fully saturated rings. The van der Waals surface area contributed by atoms with Crippen LogP contribution >= 0.6 is 23.2 Å². The van der Waals surface area contributed by atoms with Crippen LogP contribution in [-0.4, -0.2) is 10.4 Å². The lowest BCUT2D eigenvalue weighted by Gasteiger charge is -2.02. The van der Waals surface area contributed by atoms with Crippen molar-refractivity contribution in [2.24, 2.45) is 7.05 Å². The highest BCUT2D eigenvalue weighted by Gasteiger charge is 2.14. The van der Waals surface area contributed by atoms with Crippen LogP contribution in [0, 0.1) is 0 Å². The number of hydrogen-bond donors (Lipinski definition) is 0. The van der Waals surface area contributed by atoms with Crippen molar-refractivity contribution in [3.63, 3.8) is 0 Å². The predicted molar refractivity (Wildman–Crippen MR) is 87.4 cm³/mol. The summed E-state index contributed by atoms with van der Waals surface area (Å²) in [5.74, 6) is 0.0742. The van der Waals surface area contributed by atoms with Crippen LogP contribution in [0.4, 0.5) is 0 Å². The number of ketones is 1. The monoisotopic (exact) mass is 317 g/mol. The molecule has 0 N–H and O–H groups in total. The smallest absolute Gasteiger partial charge is 0.169 e. The number of carbonyl (C=O) groups is 1. The van der Waals surface area contributed by atoms with Crippen molar-refractivity contribution in [1.29, 1.82) is 0 Å². The van der Waals surface area contributed by atoms with E-state index in [9.17, 15) is 4.79 Å². The molecule has 4 heteroatoms. The largest absolute Gasteiger partial charge is 0.350 e. The maximum Gasteiger partial charge on any atom is 0.169 e. The molecule has 0 unspecified atom stereocenters. The molecule has 0 amide bonds. The molecule has 1 aromatic heterocycles. The van der Waals surface area contributed by atoms with Gasteiger partial charge in [-0.2, -0.15) is 0 Å². The van der Waals surface area contributed by atoms with Gasteiger partial charge in [-0.1, -0.05) is 47.5 Å². The summed E-state index contributed by atoms with van der Waals surface area (Å²) in [6.07, 6.45) is 2.19. The van der Waals surface area contributed by atoms with Gasteiger partial charge in [0, 0.05) is 36.1 Å². The van der Waals surface area contributed by atoms with E-state index in [0.717, 1.165) is 22.0 Å². The summed E-state index contributed by atoms with van der Waals surface area (Å²) in [5.41, 5.74) is 2.65. The maximum absolute atomic E-state index is 12.5. The summed E-state index contributed by atoms with van der Waals surface area (Å²) in [5, 5.41) is 1.95. The third-order valence-electron chi connectivity index (χ3n) is 3.55. The molecule has 2 nitrogen and oxygen atoms in total. The number of nitrogens with zero attached hydrogens (tertiary/aromatic N) is 1. The van der Waals surface area contributed by atoms with Gasteiger partial charge in [0.2, 0.25) is 0 Å². The van der Waals surface area contributed by atoms with Crippen LogP contribution in [0.1, 0.15) is 15.9 Å². The third kappa shape index (κ3) is 2.69. The molecule has 2 aromatic carbocycles. The molecule has 0 atom stereocenters. The van der Waals surface area contributed by atoms with Crippen LogP contribution in [0.3, 0.4) is 0 Å². The van der Waals surface area contributed by atoms with Crippen LogP contribution in [0.25, 0.3) is 10.9 Å². The second-order valence-electron chi connectivity index (χ2n) is 5.02. The summed E-state index contributed by atoms with van der Waals surface area (Å²) in [6, 6.07) is 13.2. The van der Waals surface area contributed by atoms with Crippen LogP contribution in [0.15, 0.2) is 48.7 Å². The van der Waals surface area contributed by atoms with Gasteiger partial charge in [0.25, 0.3) is 0 Å². The van der Waals surface area contributed by atoms with Gasteiger partial charge in [-0.15, -0.1) is 0 Å². The minimum absolute atomic E-state index is 0.0742. The lowest BCUT2D eigenvalue weighted by Crippen LogP contribution is -2.03. The molecule has 0 aliphatic heterocycles. The maximum atomic E-state index is 12.5. The molecule has 3 aromatic rings. The second-order valence-corrected chi connectivity index (χ2v) is 5.83. The summed E-state index contributed by atoms with van der Waals surface area (Å²) in [6.45, 7) is 0. The second kappa shape index (κ2) is 5.55. The lowest BCUT2D eigenvalue weighted by molar-refractivity contribution is 0.0994. The first-order valence-electron chi connectivity index (χ1n) is 6.57. The van der Waals surface area contributed by atoms with Gasteiger partial charge in [-0.25, -0.2) is 0 Å². The highest BCUT2D eigenvalue weighted by atomic mass is 35.5. The van der Waals surface area contributed by atoms with Crippen molar-refractivity contribution in [2.45, 2.75) is 6.42 Å². The van der Waals surface area contributed by atoms with Gasteiger partial charge < -0.3 is 4.57 Å². The quantitative estimate of drug-likeness (QED) is 0.629. The lowest BCUT2D eigenvalue weighted by atomic mass is 10.0. The van der Waals surface area contributed by atoms with Crippen molar-refractivity contribution < 1.29 is 4.79 Å². The normalized spacial score (nSPS) is 11.0. The Morgan fingerprint density at radius 2 is 1.86 bits per heavy atom. The molecule has 0 bridgehead atoms. The number of Topliss-reactive ketones (excluding diaryl/α,β-unsaturated/α-hetero) is 1. The van der Waals surface area contributed by atoms with Crippen LogP contribution in [0.5, 0.6) is 0 Å². The third-order valence-corrected chi connectivity index (χ3v) is 4.29. The minimum Gasteiger partial charge on any atom is -0.350 e. The van der Waals surface area contributed by atoms with Crippen molar-refractivity contribution in [3.05, 3.63) is 69.8 Å². The zero-order chi connectivity index (χ0) is 15.0. The number of benzene rings is 2. The molecule has 0 saturated heterocycles. The SMILES string of the molecule is Cn1cc(C(=O)Cc2ccc(Cl)c(Cl)c2)c2ccccc21. The average Bonchev–Trinajstić information content (AvgIpc) is 2.81. The van der Waals surface area contributed by atoms with Gasteiger partial charge in [0.05, 0.1) is 10.0 Å². The fraction of sp³-hybridized carbons (Fsp3) is 0.118. The average molecular weight is 318 g/mol. The highest BCUT2D eigenvalue weighted by Crippen LogP contribution is 2.25. The molecular weight excluding hydrogens is 305 g/mol. The highest BCUT2D eigenvalue weighted by molar-refractivity contribution is 6.42. The van der Waals surface area contributed by atoms with E-state index in [4.69, 9.17) is 23.2 Å². The molecule has 0 aliphatic rings. The molecule has 21 heavy (non-hydrogen) atoms. The summed E-state index contributed by atoms with van der Waals surface area (Å²) < 4.78 is 1.97. The molecule has 0 radical (unpaired) electrons. The molecule has 0 spiro atoms. The summed E-state index contributed by atoms with van der Waals surface area (Å²) in [7, 11) is 1.94. The van der Waals surface area contributed by atoms with Crippen LogP contribution in [-0.2, 0) is 13.5 Å². The van der Waals surface area contributed by atoms with Crippen LogP contribution in [0.2, 0.25) is 10.0 Å². The number of aryl methyl sites for hydroxylation is 1. The van der Waals surface area contributed by atoms with Gasteiger partial charge in [-0.05, 0) is 23.8 Å². The van der Waals surface area contributed by atoms with E-state index in [0.29, 0.717) is 16.5 Å². The van der Waals surface area contributed by atoms with Gasteiger partial charge in [0.1, 0.15) is 0 Å². The number of hydrogen-bond acceptors (Lipinski definition) is 1. The van der Waals surface area contributed by atoms with Gasteiger partial charge in [0.15, 0.2) is 5.78 Å².